The Morgan fingerprint density at radius 2 is 1.77 bits per heavy atom. The Labute approximate surface area is 181 Å². The first-order valence-corrected chi connectivity index (χ1v) is 10.3. The van der Waals surface area contributed by atoms with E-state index in [1.54, 1.807) is 32.4 Å². The molecule has 4 rings (SSSR count). The number of hydrogen-bond donors (Lipinski definition) is 0. The third-order valence-corrected chi connectivity index (χ3v) is 5.46. The molecule has 3 aromatic rings. The van der Waals surface area contributed by atoms with Crippen LogP contribution >= 0.6 is 0 Å². The summed E-state index contributed by atoms with van der Waals surface area (Å²) in [6.45, 7) is 4.74. The SMILES string of the molecule is CCc1nc(-c2ccc(N3CCN(C(=O)c4cccc(OC)c4OC)CC3)cc2)no1. The molecule has 1 amide bonds. The van der Waals surface area contributed by atoms with Crippen LogP contribution < -0.4 is 14.4 Å². The number of rotatable bonds is 6. The Bertz CT molecular complexity index is 1040. The number of ether oxygens (including phenoxy) is 2. The van der Waals surface area contributed by atoms with E-state index in [1.807, 2.05) is 24.0 Å². The summed E-state index contributed by atoms with van der Waals surface area (Å²) in [4.78, 5) is 21.6. The van der Waals surface area contributed by atoms with Gasteiger partial charge in [-0.1, -0.05) is 18.1 Å². The molecule has 0 radical (unpaired) electrons. The molecule has 0 N–H and O–H groups in total. The van der Waals surface area contributed by atoms with E-state index in [1.165, 1.54) is 0 Å². The van der Waals surface area contributed by atoms with Crippen molar-refractivity contribution in [3.8, 4) is 22.9 Å². The maximum atomic E-state index is 13.1. The van der Waals surface area contributed by atoms with Crippen molar-refractivity contribution in [2.24, 2.45) is 0 Å². The molecule has 2 aromatic carbocycles. The number of para-hydroxylation sites is 1. The molecule has 8 nitrogen and oxygen atoms in total. The quantitative estimate of drug-likeness (QED) is 0.603. The lowest BCUT2D eigenvalue weighted by Crippen LogP contribution is -2.48. The summed E-state index contributed by atoms with van der Waals surface area (Å²) < 4.78 is 15.9. The summed E-state index contributed by atoms with van der Waals surface area (Å²) in [6.07, 6.45) is 0.718. The molecule has 0 atom stereocenters. The van der Waals surface area contributed by atoms with Crippen LogP contribution in [-0.2, 0) is 6.42 Å². The molecule has 1 aliphatic heterocycles. The van der Waals surface area contributed by atoms with E-state index in [0.717, 1.165) is 30.8 Å². The molecule has 0 saturated carbocycles. The zero-order valence-corrected chi connectivity index (χ0v) is 18.0. The van der Waals surface area contributed by atoms with Crippen LogP contribution in [-0.4, -0.2) is 61.3 Å². The lowest BCUT2D eigenvalue weighted by atomic mass is 10.1. The summed E-state index contributed by atoms with van der Waals surface area (Å²) in [5.74, 6) is 2.22. The smallest absolute Gasteiger partial charge is 0.257 e. The van der Waals surface area contributed by atoms with Gasteiger partial charge in [0.15, 0.2) is 11.5 Å². The number of carbonyl (C=O) groups is 1. The Hall–Kier alpha value is -3.55. The van der Waals surface area contributed by atoms with Gasteiger partial charge in [0.1, 0.15) is 0 Å². The second-order valence-electron chi connectivity index (χ2n) is 7.23. The van der Waals surface area contributed by atoms with E-state index < -0.39 is 0 Å². The maximum Gasteiger partial charge on any atom is 0.257 e. The van der Waals surface area contributed by atoms with Crippen LogP contribution in [0, 0.1) is 0 Å². The van der Waals surface area contributed by atoms with Crippen LogP contribution in [0.3, 0.4) is 0 Å². The van der Waals surface area contributed by atoms with Gasteiger partial charge in [0.2, 0.25) is 11.7 Å². The molecule has 0 aliphatic carbocycles. The molecule has 0 bridgehead atoms. The van der Waals surface area contributed by atoms with E-state index in [2.05, 4.69) is 27.2 Å². The molecule has 2 heterocycles. The molecule has 1 aromatic heterocycles. The van der Waals surface area contributed by atoms with Crippen LogP contribution in [0.25, 0.3) is 11.4 Å². The average Bonchev–Trinajstić information content (AvgIpc) is 3.32. The minimum absolute atomic E-state index is 0.0467. The summed E-state index contributed by atoms with van der Waals surface area (Å²) >= 11 is 0. The highest BCUT2D eigenvalue weighted by Crippen LogP contribution is 2.32. The van der Waals surface area contributed by atoms with Crippen molar-refractivity contribution in [3.05, 3.63) is 53.9 Å². The first-order chi connectivity index (χ1) is 15.1. The number of amides is 1. The summed E-state index contributed by atoms with van der Waals surface area (Å²) in [6, 6.07) is 13.5. The van der Waals surface area contributed by atoms with Crippen LogP contribution in [0.2, 0.25) is 0 Å². The fourth-order valence-electron chi connectivity index (χ4n) is 3.73. The second kappa shape index (κ2) is 9.07. The van der Waals surface area contributed by atoms with E-state index in [0.29, 0.717) is 41.9 Å². The Morgan fingerprint density at radius 3 is 2.39 bits per heavy atom. The average molecular weight is 422 g/mol. The van der Waals surface area contributed by atoms with Crippen molar-refractivity contribution in [3.63, 3.8) is 0 Å². The zero-order valence-electron chi connectivity index (χ0n) is 18.0. The van der Waals surface area contributed by atoms with Crippen molar-refractivity contribution in [1.29, 1.82) is 0 Å². The summed E-state index contributed by atoms with van der Waals surface area (Å²) in [7, 11) is 3.12. The molecular weight excluding hydrogens is 396 g/mol. The molecular formula is C23H26N4O4. The topological polar surface area (TPSA) is 80.9 Å². The number of aryl methyl sites for hydroxylation is 1. The standard InChI is InChI=1S/C23H26N4O4/c1-4-20-24-22(25-31-20)16-8-10-17(11-9-16)26-12-14-27(15-13-26)23(28)18-6-5-7-19(29-2)21(18)30-3/h5-11H,4,12-15H2,1-3H3. The molecule has 8 heteroatoms. The summed E-state index contributed by atoms with van der Waals surface area (Å²) in [5, 5.41) is 4.02. The maximum absolute atomic E-state index is 13.1. The Balaban J connectivity index is 1.41. The Morgan fingerprint density at radius 1 is 1.03 bits per heavy atom. The van der Waals surface area contributed by atoms with Crippen LogP contribution in [0.4, 0.5) is 5.69 Å². The predicted octanol–water partition coefficient (Wildman–Crippen LogP) is 3.28. The first-order valence-electron chi connectivity index (χ1n) is 10.3. The fraction of sp³-hybridized carbons (Fsp3) is 0.348. The third kappa shape index (κ3) is 4.19. The van der Waals surface area contributed by atoms with Gasteiger partial charge in [-0.25, -0.2) is 0 Å². The number of methoxy groups -OCH3 is 2. The van der Waals surface area contributed by atoms with Crippen molar-refractivity contribution in [2.75, 3.05) is 45.3 Å². The number of piperazine rings is 1. The largest absolute Gasteiger partial charge is 0.493 e. The number of anilines is 1. The monoisotopic (exact) mass is 422 g/mol. The lowest BCUT2D eigenvalue weighted by molar-refractivity contribution is 0.0742. The van der Waals surface area contributed by atoms with Gasteiger partial charge in [-0.3, -0.25) is 4.79 Å². The summed E-state index contributed by atoms with van der Waals surface area (Å²) in [5.41, 5.74) is 2.55. The zero-order chi connectivity index (χ0) is 21.8. The number of hydrogen-bond acceptors (Lipinski definition) is 7. The van der Waals surface area contributed by atoms with Gasteiger partial charge in [-0.15, -0.1) is 0 Å². The molecule has 1 saturated heterocycles. The molecule has 1 aliphatic rings. The molecule has 0 unspecified atom stereocenters. The predicted molar refractivity (Wildman–Crippen MR) is 117 cm³/mol. The minimum Gasteiger partial charge on any atom is -0.493 e. The van der Waals surface area contributed by atoms with Crippen molar-refractivity contribution >= 4 is 11.6 Å². The fourth-order valence-corrected chi connectivity index (χ4v) is 3.73. The Kier molecular flexibility index (Phi) is 6.06. The highest BCUT2D eigenvalue weighted by atomic mass is 16.5. The van der Waals surface area contributed by atoms with Gasteiger partial charge < -0.3 is 23.8 Å². The number of aromatic nitrogens is 2. The van der Waals surface area contributed by atoms with Crippen molar-refractivity contribution in [1.82, 2.24) is 15.0 Å². The second-order valence-corrected chi connectivity index (χ2v) is 7.23. The van der Waals surface area contributed by atoms with Crippen molar-refractivity contribution in [2.45, 2.75) is 13.3 Å². The van der Waals surface area contributed by atoms with E-state index in [9.17, 15) is 4.79 Å². The molecule has 0 spiro atoms. The highest BCUT2D eigenvalue weighted by molar-refractivity contribution is 5.98. The van der Waals surface area contributed by atoms with E-state index >= 15 is 0 Å². The minimum atomic E-state index is -0.0467. The van der Waals surface area contributed by atoms with E-state index in [-0.39, 0.29) is 5.91 Å². The molecule has 162 valence electrons. The normalized spacial score (nSPS) is 13.9. The van der Waals surface area contributed by atoms with Crippen LogP contribution in [0.1, 0.15) is 23.2 Å². The van der Waals surface area contributed by atoms with E-state index in [4.69, 9.17) is 14.0 Å². The van der Waals surface area contributed by atoms with Crippen LogP contribution in [0.15, 0.2) is 47.0 Å². The van der Waals surface area contributed by atoms with Gasteiger partial charge in [-0.05, 0) is 36.4 Å². The van der Waals surface area contributed by atoms with Crippen molar-refractivity contribution < 1.29 is 18.8 Å². The molecule has 31 heavy (non-hydrogen) atoms. The first kappa shape index (κ1) is 20.7. The van der Waals surface area contributed by atoms with Gasteiger partial charge in [0, 0.05) is 43.9 Å². The van der Waals surface area contributed by atoms with Gasteiger partial charge in [-0.2, -0.15) is 4.98 Å². The van der Waals surface area contributed by atoms with Gasteiger partial charge >= 0.3 is 0 Å². The van der Waals surface area contributed by atoms with Gasteiger partial charge in [0.05, 0.1) is 19.8 Å². The number of nitrogens with zero attached hydrogens (tertiary/aromatic N) is 4. The number of benzene rings is 2. The van der Waals surface area contributed by atoms with Crippen LogP contribution in [0.5, 0.6) is 11.5 Å². The third-order valence-electron chi connectivity index (χ3n) is 5.46. The lowest BCUT2D eigenvalue weighted by Gasteiger charge is -2.36. The molecule has 1 fully saturated rings. The number of carbonyl (C=O) groups excluding carboxylic acids is 1. The van der Waals surface area contributed by atoms with Gasteiger partial charge in [0.25, 0.3) is 5.91 Å². The highest BCUT2D eigenvalue weighted by Gasteiger charge is 2.25.